The van der Waals surface area contributed by atoms with E-state index in [1.54, 1.807) is 0 Å². The van der Waals surface area contributed by atoms with Crippen LogP contribution >= 0.6 is 15.9 Å². The molecular weight excluding hydrogens is 404 g/mol. The zero-order valence-electron chi connectivity index (χ0n) is 14.9. The maximum absolute atomic E-state index is 11.7. The standard InChI is InChI=1S/C23H21BrO3/c24-14-23(25)21-8-4-7-20(13-21)16-26-15-19-9-11-22(12-10-19)27-17-18-5-2-1-3-6-18/h1-13H,14-17H2. The number of alkyl halides is 1. The SMILES string of the molecule is O=C(CBr)c1cccc(COCc2ccc(OCc3ccccc3)cc2)c1. The van der Waals surface area contributed by atoms with E-state index < -0.39 is 0 Å². The van der Waals surface area contributed by atoms with Crippen LogP contribution in [-0.2, 0) is 24.6 Å². The highest BCUT2D eigenvalue weighted by Crippen LogP contribution is 2.16. The number of halogens is 1. The lowest BCUT2D eigenvalue weighted by molar-refractivity contribution is 0.101. The Kier molecular flexibility index (Phi) is 7.19. The van der Waals surface area contributed by atoms with Gasteiger partial charge in [-0.3, -0.25) is 4.79 Å². The predicted octanol–water partition coefficient (Wildman–Crippen LogP) is 5.56. The molecule has 3 aromatic rings. The van der Waals surface area contributed by atoms with Crippen molar-refractivity contribution >= 4 is 21.7 Å². The molecule has 0 saturated carbocycles. The topological polar surface area (TPSA) is 35.5 Å². The van der Waals surface area contributed by atoms with E-state index in [2.05, 4.69) is 15.9 Å². The van der Waals surface area contributed by atoms with Gasteiger partial charge >= 0.3 is 0 Å². The second-order valence-electron chi connectivity index (χ2n) is 6.17. The normalized spacial score (nSPS) is 10.6. The van der Waals surface area contributed by atoms with E-state index in [0.717, 1.165) is 22.4 Å². The van der Waals surface area contributed by atoms with Crippen molar-refractivity contribution in [2.45, 2.75) is 19.8 Å². The van der Waals surface area contributed by atoms with Gasteiger partial charge in [0.2, 0.25) is 0 Å². The number of carbonyl (C=O) groups is 1. The van der Waals surface area contributed by atoms with Gasteiger partial charge in [-0.2, -0.15) is 0 Å². The highest BCUT2D eigenvalue weighted by atomic mass is 79.9. The molecule has 0 unspecified atom stereocenters. The number of hydrogen-bond acceptors (Lipinski definition) is 3. The first kappa shape index (κ1) is 19.3. The molecule has 0 atom stereocenters. The Bertz CT molecular complexity index is 860. The molecule has 138 valence electrons. The smallest absolute Gasteiger partial charge is 0.173 e. The van der Waals surface area contributed by atoms with Crippen LogP contribution in [0.1, 0.15) is 27.0 Å². The van der Waals surface area contributed by atoms with Crippen LogP contribution in [0.3, 0.4) is 0 Å². The van der Waals surface area contributed by atoms with E-state index in [1.165, 1.54) is 0 Å². The molecule has 27 heavy (non-hydrogen) atoms. The minimum Gasteiger partial charge on any atom is -0.489 e. The Morgan fingerprint density at radius 3 is 2.15 bits per heavy atom. The lowest BCUT2D eigenvalue weighted by atomic mass is 10.1. The molecule has 0 N–H and O–H groups in total. The van der Waals surface area contributed by atoms with Gasteiger partial charge in [0.25, 0.3) is 0 Å². The Hall–Kier alpha value is -2.43. The molecule has 0 spiro atoms. The summed E-state index contributed by atoms with van der Waals surface area (Å²) in [7, 11) is 0. The molecule has 0 aliphatic rings. The minimum atomic E-state index is 0.0722. The zero-order valence-corrected chi connectivity index (χ0v) is 16.5. The third kappa shape index (κ3) is 6.05. The second kappa shape index (κ2) is 10.0. The largest absolute Gasteiger partial charge is 0.489 e. The lowest BCUT2D eigenvalue weighted by Crippen LogP contribution is -2.01. The summed E-state index contributed by atoms with van der Waals surface area (Å²) in [6.45, 7) is 1.53. The summed E-state index contributed by atoms with van der Waals surface area (Å²) in [6, 6.07) is 25.6. The summed E-state index contributed by atoms with van der Waals surface area (Å²) in [5.74, 6) is 0.909. The van der Waals surface area contributed by atoms with E-state index in [4.69, 9.17) is 9.47 Å². The lowest BCUT2D eigenvalue weighted by Gasteiger charge is -2.08. The van der Waals surface area contributed by atoms with Crippen molar-refractivity contribution in [3.05, 3.63) is 101 Å². The van der Waals surface area contributed by atoms with Gasteiger partial charge in [0.05, 0.1) is 18.5 Å². The third-order valence-electron chi connectivity index (χ3n) is 4.08. The quantitative estimate of drug-likeness (QED) is 0.333. The molecule has 0 bridgehead atoms. The van der Waals surface area contributed by atoms with Crippen molar-refractivity contribution in [3.8, 4) is 5.75 Å². The first-order valence-electron chi connectivity index (χ1n) is 8.76. The Balaban J connectivity index is 1.47. The summed E-state index contributed by atoms with van der Waals surface area (Å²) in [5.41, 5.74) is 3.91. The van der Waals surface area contributed by atoms with Crippen LogP contribution in [0.25, 0.3) is 0 Å². The number of benzene rings is 3. The van der Waals surface area contributed by atoms with E-state index in [1.807, 2.05) is 78.9 Å². The van der Waals surface area contributed by atoms with Crippen molar-refractivity contribution in [2.75, 3.05) is 5.33 Å². The first-order valence-corrected chi connectivity index (χ1v) is 9.88. The molecule has 0 fully saturated rings. The average molecular weight is 425 g/mol. The maximum Gasteiger partial charge on any atom is 0.173 e. The molecular formula is C23H21BrO3. The molecule has 3 aromatic carbocycles. The van der Waals surface area contributed by atoms with Crippen molar-refractivity contribution in [1.82, 2.24) is 0 Å². The summed E-state index contributed by atoms with van der Waals surface area (Å²) < 4.78 is 11.6. The molecule has 0 amide bonds. The van der Waals surface area contributed by atoms with Crippen molar-refractivity contribution < 1.29 is 14.3 Å². The summed E-state index contributed by atoms with van der Waals surface area (Å²) in [6.07, 6.45) is 0. The Labute approximate surface area is 168 Å². The van der Waals surface area contributed by atoms with E-state index >= 15 is 0 Å². The fraction of sp³-hybridized carbons (Fsp3) is 0.174. The van der Waals surface area contributed by atoms with Gasteiger partial charge in [-0.15, -0.1) is 0 Å². The van der Waals surface area contributed by atoms with Gasteiger partial charge in [0.1, 0.15) is 12.4 Å². The van der Waals surface area contributed by atoms with Gasteiger partial charge in [-0.1, -0.05) is 76.6 Å². The summed E-state index contributed by atoms with van der Waals surface area (Å²) in [4.78, 5) is 11.7. The van der Waals surface area contributed by atoms with E-state index in [0.29, 0.717) is 30.7 Å². The van der Waals surface area contributed by atoms with Crippen LogP contribution < -0.4 is 4.74 Å². The van der Waals surface area contributed by atoms with Crippen LogP contribution in [0.2, 0.25) is 0 Å². The van der Waals surface area contributed by atoms with Crippen LogP contribution in [0.15, 0.2) is 78.9 Å². The number of ketones is 1. The van der Waals surface area contributed by atoms with Crippen LogP contribution in [0.4, 0.5) is 0 Å². The molecule has 0 radical (unpaired) electrons. The molecule has 4 heteroatoms. The predicted molar refractivity (Wildman–Crippen MR) is 110 cm³/mol. The Morgan fingerprint density at radius 1 is 0.741 bits per heavy atom. The molecule has 0 aromatic heterocycles. The third-order valence-corrected chi connectivity index (χ3v) is 4.59. The van der Waals surface area contributed by atoms with Gasteiger partial charge in [-0.25, -0.2) is 0 Å². The maximum atomic E-state index is 11.7. The molecule has 0 heterocycles. The summed E-state index contributed by atoms with van der Waals surface area (Å²) in [5, 5.41) is 0.329. The molecule has 3 nitrogen and oxygen atoms in total. The van der Waals surface area contributed by atoms with Crippen LogP contribution in [0.5, 0.6) is 5.75 Å². The molecule has 0 aliphatic carbocycles. The van der Waals surface area contributed by atoms with E-state index in [-0.39, 0.29) is 5.78 Å². The van der Waals surface area contributed by atoms with E-state index in [9.17, 15) is 4.79 Å². The molecule has 3 rings (SSSR count). The molecule has 0 saturated heterocycles. The highest BCUT2D eigenvalue weighted by Gasteiger charge is 2.05. The van der Waals surface area contributed by atoms with Crippen LogP contribution in [-0.4, -0.2) is 11.1 Å². The summed E-state index contributed by atoms with van der Waals surface area (Å²) >= 11 is 3.20. The van der Waals surface area contributed by atoms with Crippen molar-refractivity contribution in [3.63, 3.8) is 0 Å². The first-order chi connectivity index (χ1) is 13.2. The number of ether oxygens (including phenoxy) is 2. The number of Topliss-reactive ketones (excluding diaryl/α,β-unsaturated/α-hetero) is 1. The fourth-order valence-corrected chi connectivity index (χ4v) is 2.94. The fourth-order valence-electron chi connectivity index (χ4n) is 2.62. The zero-order chi connectivity index (χ0) is 18.9. The van der Waals surface area contributed by atoms with Crippen LogP contribution in [0, 0.1) is 0 Å². The monoisotopic (exact) mass is 424 g/mol. The average Bonchev–Trinajstić information content (AvgIpc) is 2.73. The van der Waals surface area contributed by atoms with Crippen molar-refractivity contribution in [2.24, 2.45) is 0 Å². The van der Waals surface area contributed by atoms with Crippen molar-refractivity contribution in [1.29, 1.82) is 0 Å². The highest BCUT2D eigenvalue weighted by molar-refractivity contribution is 9.09. The van der Waals surface area contributed by atoms with Gasteiger partial charge < -0.3 is 9.47 Å². The Morgan fingerprint density at radius 2 is 1.41 bits per heavy atom. The second-order valence-corrected chi connectivity index (χ2v) is 6.73. The molecule has 0 aliphatic heterocycles. The van der Waals surface area contributed by atoms with Gasteiger partial charge in [-0.05, 0) is 34.9 Å². The number of hydrogen-bond donors (Lipinski definition) is 0. The minimum absolute atomic E-state index is 0.0722. The number of carbonyl (C=O) groups excluding carboxylic acids is 1. The number of rotatable bonds is 9. The van der Waals surface area contributed by atoms with Gasteiger partial charge in [0, 0.05) is 5.56 Å². The van der Waals surface area contributed by atoms with Gasteiger partial charge in [0.15, 0.2) is 5.78 Å².